The van der Waals surface area contributed by atoms with E-state index in [1.807, 2.05) is 44.3 Å². The molecule has 100 valence electrons. The molecule has 0 bridgehead atoms. The monoisotopic (exact) mass is 276 g/mol. The molecule has 0 amide bonds. The molecule has 0 unspecified atom stereocenters. The van der Waals surface area contributed by atoms with Crippen molar-refractivity contribution in [2.24, 2.45) is 0 Å². The Kier molecular flexibility index (Phi) is 3.85. The molecule has 1 heterocycles. The number of thiocarbonyl (C=S) groups is 1. The van der Waals surface area contributed by atoms with Crippen molar-refractivity contribution in [3.05, 3.63) is 47.2 Å². The number of benzene rings is 1. The standard InChI is InChI=1S/C14H16N2O2S/c1-9-11(13(17)18-3)12(15-14(19)16(9)2)10-7-5-4-6-8-10/h4-8,12H,1-3H3,(H,15,19)/t12-/m0/s1. The van der Waals surface area contributed by atoms with Crippen LogP contribution in [-0.2, 0) is 9.53 Å². The lowest BCUT2D eigenvalue weighted by Crippen LogP contribution is -2.46. The van der Waals surface area contributed by atoms with Crippen molar-refractivity contribution < 1.29 is 9.53 Å². The lowest BCUT2D eigenvalue weighted by Gasteiger charge is -2.35. The Bertz CT molecular complexity index is 540. The minimum absolute atomic E-state index is 0.266. The second kappa shape index (κ2) is 5.40. The van der Waals surface area contributed by atoms with E-state index in [1.165, 1.54) is 7.11 Å². The molecule has 0 spiro atoms. The summed E-state index contributed by atoms with van der Waals surface area (Å²) in [6.07, 6.45) is 0. The number of hydrogen-bond donors (Lipinski definition) is 1. The molecule has 1 aliphatic heterocycles. The van der Waals surface area contributed by atoms with Gasteiger partial charge in [0.2, 0.25) is 0 Å². The van der Waals surface area contributed by atoms with Crippen molar-refractivity contribution in [3.8, 4) is 0 Å². The first-order chi connectivity index (χ1) is 9.06. The highest BCUT2D eigenvalue weighted by Gasteiger charge is 2.32. The predicted octanol–water partition coefficient (Wildman–Crippen LogP) is 1.99. The quantitative estimate of drug-likeness (QED) is 0.661. The Hall–Kier alpha value is -1.88. The number of nitrogens with zero attached hydrogens (tertiary/aromatic N) is 1. The van der Waals surface area contributed by atoms with Crippen molar-refractivity contribution in [1.82, 2.24) is 10.2 Å². The van der Waals surface area contributed by atoms with E-state index in [1.54, 1.807) is 4.90 Å². The number of hydrogen-bond acceptors (Lipinski definition) is 3. The maximum atomic E-state index is 12.0. The van der Waals surface area contributed by atoms with Gasteiger partial charge >= 0.3 is 5.97 Å². The maximum Gasteiger partial charge on any atom is 0.337 e. The van der Waals surface area contributed by atoms with E-state index in [0.29, 0.717) is 10.7 Å². The molecule has 4 nitrogen and oxygen atoms in total. The number of rotatable bonds is 2. The van der Waals surface area contributed by atoms with Gasteiger partial charge in [0.25, 0.3) is 0 Å². The molecule has 0 saturated carbocycles. The number of carbonyl (C=O) groups excluding carboxylic acids is 1. The fourth-order valence-electron chi connectivity index (χ4n) is 2.11. The summed E-state index contributed by atoms with van der Waals surface area (Å²) in [7, 11) is 3.21. The summed E-state index contributed by atoms with van der Waals surface area (Å²) in [6.45, 7) is 1.87. The van der Waals surface area contributed by atoms with Gasteiger partial charge in [-0.25, -0.2) is 4.79 Å². The number of carbonyl (C=O) groups is 1. The van der Waals surface area contributed by atoms with Crippen molar-refractivity contribution in [2.45, 2.75) is 13.0 Å². The van der Waals surface area contributed by atoms with Crippen LogP contribution in [0.4, 0.5) is 0 Å². The Labute approximate surface area is 118 Å². The first-order valence-electron chi connectivity index (χ1n) is 5.94. The van der Waals surface area contributed by atoms with E-state index in [2.05, 4.69) is 5.32 Å². The molecule has 1 atom stereocenters. The van der Waals surface area contributed by atoms with E-state index in [9.17, 15) is 4.79 Å². The molecule has 0 fully saturated rings. The molecule has 2 rings (SSSR count). The van der Waals surface area contributed by atoms with Crippen LogP contribution in [0, 0.1) is 0 Å². The lowest BCUT2D eigenvalue weighted by molar-refractivity contribution is -0.136. The highest BCUT2D eigenvalue weighted by Crippen LogP contribution is 2.30. The highest BCUT2D eigenvalue weighted by atomic mass is 32.1. The van der Waals surface area contributed by atoms with E-state index in [0.717, 1.165) is 11.3 Å². The zero-order valence-corrected chi connectivity index (χ0v) is 12.0. The average Bonchev–Trinajstić information content (AvgIpc) is 2.44. The molecular weight excluding hydrogens is 260 g/mol. The second-order valence-corrected chi connectivity index (χ2v) is 4.73. The smallest absolute Gasteiger partial charge is 0.337 e. The van der Waals surface area contributed by atoms with Crippen molar-refractivity contribution in [2.75, 3.05) is 14.2 Å². The van der Waals surface area contributed by atoms with Gasteiger partial charge in [-0.2, -0.15) is 0 Å². The Morgan fingerprint density at radius 3 is 2.58 bits per heavy atom. The molecule has 0 saturated heterocycles. The van der Waals surface area contributed by atoms with E-state index >= 15 is 0 Å². The number of allylic oxidation sites excluding steroid dienone is 1. The van der Waals surface area contributed by atoms with Crippen LogP contribution in [0.1, 0.15) is 18.5 Å². The average molecular weight is 276 g/mol. The Morgan fingerprint density at radius 2 is 2.00 bits per heavy atom. The summed E-state index contributed by atoms with van der Waals surface area (Å²) in [5, 5.41) is 3.77. The largest absolute Gasteiger partial charge is 0.466 e. The molecule has 0 aromatic heterocycles. The number of nitrogens with one attached hydrogen (secondary N) is 1. The van der Waals surface area contributed by atoms with Crippen LogP contribution in [0.3, 0.4) is 0 Å². The third kappa shape index (κ3) is 2.46. The molecular formula is C14H16N2O2S. The summed E-state index contributed by atoms with van der Waals surface area (Å²) in [5.41, 5.74) is 2.38. The van der Waals surface area contributed by atoms with Crippen LogP contribution in [0.2, 0.25) is 0 Å². The van der Waals surface area contributed by atoms with Gasteiger partial charge in [-0.05, 0) is 24.7 Å². The van der Waals surface area contributed by atoms with Crippen molar-refractivity contribution >= 4 is 23.3 Å². The summed E-state index contributed by atoms with van der Waals surface area (Å²) in [5.74, 6) is -0.340. The molecule has 1 aromatic rings. The third-order valence-electron chi connectivity index (χ3n) is 3.29. The topological polar surface area (TPSA) is 41.6 Å². The van der Waals surface area contributed by atoms with Crippen LogP contribution >= 0.6 is 12.2 Å². The van der Waals surface area contributed by atoms with Gasteiger partial charge in [0.15, 0.2) is 5.11 Å². The summed E-state index contributed by atoms with van der Waals surface area (Å²) in [4.78, 5) is 13.8. The van der Waals surface area contributed by atoms with Gasteiger partial charge in [0.1, 0.15) is 0 Å². The van der Waals surface area contributed by atoms with Crippen LogP contribution in [0.25, 0.3) is 0 Å². The van der Waals surface area contributed by atoms with Gasteiger partial charge in [-0.15, -0.1) is 0 Å². The Balaban J connectivity index is 2.52. The molecule has 1 N–H and O–H groups in total. The Morgan fingerprint density at radius 1 is 1.37 bits per heavy atom. The summed E-state index contributed by atoms with van der Waals surface area (Å²) >= 11 is 5.29. The molecule has 1 aliphatic rings. The molecule has 0 radical (unpaired) electrons. The van der Waals surface area contributed by atoms with E-state index in [4.69, 9.17) is 17.0 Å². The second-order valence-electron chi connectivity index (χ2n) is 4.34. The van der Waals surface area contributed by atoms with E-state index < -0.39 is 0 Å². The number of ether oxygens (including phenoxy) is 1. The van der Waals surface area contributed by atoms with Crippen molar-refractivity contribution in [1.29, 1.82) is 0 Å². The summed E-state index contributed by atoms with van der Waals surface area (Å²) < 4.78 is 4.89. The fraction of sp³-hybridized carbons (Fsp3) is 0.286. The predicted molar refractivity (Wildman–Crippen MR) is 77.4 cm³/mol. The van der Waals surface area contributed by atoms with Crippen molar-refractivity contribution in [3.63, 3.8) is 0 Å². The van der Waals surface area contributed by atoms with E-state index in [-0.39, 0.29) is 12.0 Å². The van der Waals surface area contributed by atoms with Crippen LogP contribution in [0.5, 0.6) is 0 Å². The minimum atomic E-state index is -0.340. The molecule has 1 aromatic carbocycles. The fourth-order valence-corrected chi connectivity index (χ4v) is 2.36. The van der Waals surface area contributed by atoms with Gasteiger partial charge in [-0.1, -0.05) is 30.3 Å². The van der Waals surface area contributed by atoms with Gasteiger partial charge < -0.3 is 15.0 Å². The van der Waals surface area contributed by atoms with Crippen LogP contribution in [-0.4, -0.2) is 30.1 Å². The number of esters is 1. The molecule has 0 aliphatic carbocycles. The summed E-state index contributed by atoms with van der Waals surface area (Å²) in [6, 6.07) is 9.46. The minimum Gasteiger partial charge on any atom is -0.466 e. The third-order valence-corrected chi connectivity index (χ3v) is 3.68. The molecule has 5 heteroatoms. The molecule has 19 heavy (non-hydrogen) atoms. The normalized spacial score (nSPS) is 19.2. The SMILES string of the molecule is COC(=O)C1=C(C)N(C)C(=S)N[C@H]1c1ccccc1. The van der Waals surface area contributed by atoms with Gasteiger partial charge in [0, 0.05) is 12.7 Å². The van der Waals surface area contributed by atoms with Gasteiger partial charge in [-0.3, -0.25) is 0 Å². The number of methoxy groups -OCH3 is 1. The zero-order chi connectivity index (χ0) is 14.0. The maximum absolute atomic E-state index is 12.0. The van der Waals surface area contributed by atoms with Crippen LogP contribution in [0.15, 0.2) is 41.6 Å². The highest BCUT2D eigenvalue weighted by molar-refractivity contribution is 7.80. The first-order valence-corrected chi connectivity index (χ1v) is 6.35. The first kappa shape index (κ1) is 13.5. The van der Waals surface area contributed by atoms with Crippen LogP contribution < -0.4 is 5.32 Å². The van der Waals surface area contributed by atoms with Gasteiger partial charge in [0.05, 0.1) is 18.7 Å². The zero-order valence-electron chi connectivity index (χ0n) is 11.1. The lowest BCUT2D eigenvalue weighted by atomic mass is 9.95.